The van der Waals surface area contributed by atoms with Crippen LogP contribution in [0.2, 0.25) is 0 Å². The zero-order chi connectivity index (χ0) is 21.6. The van der Waals surface area contributed by atoms with Gasteiger partial charge >= 0.3 is 12.0 Å². The molecular weight excluding hydrogens is 392 g/mol. The van der Waals surface area contributed by atoms with Gasteiger partial charge in [-0.2, -0.15) is 0 Å². The second-order valence-electron chi connectivity index (χ2n) is 9.51. The van der Waals surface area contributed by atoms with E-state index in [1.807, 2.05) is 18.2 Å². The zero-order valence-electron chi connectivity index (χ0n) is 17.7. The van der Waals surface area contributed by atoms with Crippen molar-refractivity contribution in [2.24, 2.45) is 17.8 Å². The number of ether oxygens (including phenoxy) is 1. The molecule has 4 aliphatic carbocycles. The maximum absolute atomic E-state index is 12.9. The molecule has 2 aromatic rings. The summed E-state index contributed by atoms with van der Waals surface area (Å²) in [5.41, 5.74) is 1.87. The van der Waals surface area contributed by atoms with Gasteiger partial charge in [-0.1, -0.05) is 18.2 Å². The number of nitrogens with one attached hydrogen (secondary N) is 2. The second kappa shape index (κ2) is 7.59. The molecule has 0 aliphatic heterocycles. The molecular formula is C25H28N2O4. The summed E-state index contributed by atoms with van der Waals surface area (Å²) < 4.78 is 5.75. The Hall–Kier alpha value is -3.02. The fraction of sp³-hybridized carbons (Fsp3) is 0.440. The lowest BCUT2D eigenvalue weighted by molar-refractivity contribution is -0.00582. The molecule has 2 amide bonds. The topological polar surface area (TPSA) is 87.7 Å². The molecule has 31 heavy (non-hydrogen) atoms. The quantitative estimate of drug-likeness (QED) is 0.596. The Morgan fingerprint density at radius 1 is 0.935 bits per heavy atom. The molecule has 4 bridgehead atoms. The van der Waals surface area contributed by atoms with E-state index in [0.717, 1.165) is 24.8 Å². The number of carboxylic acid groups (broad SMARTS) is 1. The van der Waals surface area contributed by atoms with Crippen LogP contribution in [0.15, 0.2) is 42.5 Å². The van der Waals surface area contributed by atoms with E-state index in [2.05, 4.69) is 10.6 Å². The van der Waals surface area contributed by atoms with E-state index in [1.165, 1.54) is 25.3 Å². The fourth-order valence-corrected chi connectivity index (χ4v) is 6.80. The number of para-hydroxylation sites is 1. The van der Waals surface area contributed by atoms with Crippen LogP contribution in [0.3, 0.4) is 0 Å². The van der Waals surface area contributed by atoms with Crippen molar-refractivity contribution in [1.82, 2.24) is 0 Å². The van der Waals surface area contributed by atoms with Crippen LogP contribution in [0.5, 0.6) is 5.75 Å². The van der Waals surface area contributed by atoms with Gasteiger partial charge in [0.15, 0.2) is 0 Å². The molecule has 0 spiro atoms. The highest BCUT2D eigenvalue weighted by Crippen LogP contribution is 2.63. The van der Waals surface area contributed by atoms with Crippen LogP contribution in [0.1, 0.15) is 54.4 Å². The van der Waals surface area contributed by atoms with Crippen LogP contribution >= 0.6 is 0 Å². The van der Waals surface area contributed by atoms with E-state index in [0.29, 0.717) is 34.9 Å². The summed E-state index contributed by atoms with van der Waals surface area (Å²) in [6.45, 7) is 0. The third-order valence-electron chi connectivity index (χ3n) is 7.46. The highest BCUT2D eigenvalue weighted by Gasteiger charge is 2.53. The molecule has 0 aromatic heterocycles. The number of benzene rings is 2. The Bertz CT molecular complexity index is 982. The Labute approximate surface area is 182 Å². The number of carboxylic acids is 1. The van der Waals surface area contributed by atoms with Crippen molar-refractivity contribution in [2.75, 3.05) is 17.7 Å². The third-order valence-corrected chi connectivity index (χ3v) is 7.46. The molecule has 4 fully saturated rings. The number of anilines is 2. The van der Waals surface area contributed by atoms with Crippen LogP contribution in [0, 0.1) is 17.8 Å². The number of aromatic carboxylic acids is 1. The van der Waals surface area contributed by atoms with E-state index >= 15 is 0 Å². The average molecular weight is 421 g/mol. The van der Waals surface area contributed by atoms with Gasteiger partial charge in [0.2, 0.25) is 0 Å². The summed E-state index contributed by atoms with van der Waals surface area (Å²) in [4.78, 5) is 25.0. The molecule has 0 atom stereocenters. The van der Waals surface area contributed by atoms with Crippen molar-refractivity contribution in [1.29, 1.82) is 0 Å². The van der Waals surface area contributed by atoms with E-state index in [1.54, 1.807) is 25.3 Å². The van der Waals surface area contributed by atoms with Crippen LogP contribution in [0.4, 0.5) is 16.2 Å². The van der Waals surface area contributed by atoms with E-state index in [4.69, 9.17) is 4.74 Å². The first-order valence-electron chi connectivity index (χ1n) is 11.1. The SMILES string of the molecule is COc1ccc(C(=O)O)c(NC(=O)Nc2ccccc2)c1C12CC3CC(CC(C3)C1)C2. The smallest absolute Gasteiger partial charge is 0.337 e. The lowest BCUT2D eigenvalue weighted by Gasteiger charge is -2.57. The van der Waals surface area contributed by atoms with Crippen molar-refractivity contribution in [2.45, 2.75) is 43.9 Å². The van der Waals surface area contributed by atoms with Crippen molar-refractivity contribution < 1.29 is 19.4 Å². The molecule has 162 valence electrons. The van der Waals surface area contributed by atoms with Gasteiger partial charge in [-0.05, 0) is 80.5 Å². The predicted molar refractivity (Wildman–Crippen MR) is 119 cm³/mol. The monoisotopic (exact) mass is 420 g/mol. The van der Waals surface area contributed by atoms with E-state index in [-0.39, 0.29) is 11.0 Å². The molecule has 6 heteroatoms. The normalized spacial score (nSPS) is 28.2. The lowest BCUT2D eigenvalue weighted by atomic mass is 9.47. The van der Waals surface area contributed by atoms with Gasteiger partial charge in [0.25, 0.3) is 0 Å². The van der Waals surface area contributed by atoms with Gasteiger partial charge in [0, 0.05) is 16.7 Å². The molecule has 0 heterocycles. The molecule has 0 saturated heterocycles. The molecule has 4 aliphatic rings. The van der Waals surface area contributed by atoms with Crippen molar-refractivity contribution in [3.05, 3.63) is 53.6 Å². The number of hydrogen-bond acceptors (Lipinski definition) is 3. The molecule has 6 nitrogen and oxygen atoms in total. The zero-order valence-corrected chi connectivity index (χ0v) is 17.7. The van der Waals surface area contributed by atoms with Crippen molar-refractivity contribution in [3.8, 4) is 5.75 Å². The van der Waals surface area contributed by atoms with Crippen LogP contribution in [-0.2, 0) is 5.41 Å². The Kier molecular flexibility index (Phi) is 4.88. The summed E-state index contributed by atoms with van der Waals surface area (Å²) in [5.74, 6) is 1.65. The first-order valence-corrected chi connectivity index (χ1v) is 11.1. The number of urea groups is 1. The first kappa shape index (κ1) is 19.9. The number of hydrogen-bond donors (Lipinski definition) is 3. The molecule has 0 unspecified atom stereocenters. The third kappa shape index (κ3) is 3.54. The molecule has 4 saturated carbocycles. The van der Waals surface area contributed by atoms with Gasteiger partial charge in [-0.3, -0.25) is 0 Å². The molecule has 6 rings (SSSR count). The van der Waals surface area contributed by atoms with Gasteiger partial charge in [0.1, 0.15) is 5.75 Å². The minimum Gasteiger partial charge on any atom is -0.496 e. The molecule has 2 aromatic carbocycles. The Morgan fingerprint density at radius 2 is 1.55 bits per heavy atom. The van der Waals surface area contributed by atoms with Crippen molar-refractivity contribution >= 4 is 23.4 Å². The minimum absolute atomic E-state index is 0.106. The van der Waals surface area contributed by atoms with Gasteiger partial charge < -0.3 is 20.5 Å². The maximum atomic E-state index is 12.9. The average Bonchev–Trinajstić information content (AvgIpc) is 2.72. The number of carbonyl (C=O) groups is 2. The van der Waals surface area contributed by atoms with Gasteiger partial charge in [-0.15, -0.1) is 0 Å². The Morgan fingerprint density at radius 3 is 2.10 bits per heavy atom. The standard InChI is InChI=1S/C25H28N2O4/c1-31-20-8-7-19(23(28)29)22(27-24(30)26-18-5-3-2-4-6-18)21(20)25-12-15-9-16(13-25)11-17(10-15)14-25/h2-8,15-17H,9-14H2,1H3,(H,28,29)(H2,26,27,30). The first-order chi connectivity index (χ1) is 15.0. The summed E-state index contributed by atoms with van der Waals surface area (Å²) in [6, 6.07) is 12.0. The minimum atomic E-state index is -1.05. The lowest BCUT2D eigenvalue weighted by Crippen LogP contribution is -2.49. The summed E-state index contributed by atoms with van der Waals surface area (Å²) >= 11 is 0. The predicted octanol–water partition coefficient (Wildman–Crippen LogP) is 5.51. The molecule has 3 N–H and O–H groups in total. The van der Waals surface area contributed by atoms with Crippen LogP contribution in [-0.4, -0.2) is 24.2 Å². The maximum Gasteiger partial charge on any atom is 0.337 e. The van der Waals surface area contributed by atoms with Crippen molar-refractivity contribution in [3.63, 3.8) is 0 Å². The highest BCUT2D eigenvalue weighted by atomic mass is 16.5. The number of carbonyl (C=O) groups excluding carboxylic acids is 1. The number of amides is 2. The van der Waals surface area contributed by atoms with Crippen LogP contribution in [0.25, 0.3) is 0 Å². The fourth-order valence-electron chi connectivity index (χ4n) is 6.80. The molecule has 0 radical (unpaired) electrons. The Balaban J connectivity index is 1.58. The summed E-state index contributed by atoms with van der Waals surface area (Å²) in [6.07, 6.45) is 6.93. The van der Waals surface area contributed by atoms with Gasteiger partial charge in [0.05, 0.1) is 18.4 Å². The van der Waals surface area contributed by atoms with E-state index < -0.39 is 12.0 Å². The largest absolute Gasteiger partial charge is 0.496 e. The van der Waals surface area contributed by atoms with Gasteiger partial charge in [-0.25, -0.2) is 9.59 Å². The van der Waals surface area contributed by atoms with Crippen LogP contribution < -0.4 is 15.4 Å². The number of methoxy groups -OCH3 is 1. The summed E-state index contributed by atoms with van der Waals surface area (Å²) in [7, 11) is 1.62. The highest BCUT2D eigenvalue weighted by molar-refractivity contribution is 6.06. The summed E-state index contributed by atoms with van der Waals surface area (Å²) in [5, 5.41) is 15.6. The van der Waals surface area contributed by atoms with E-state index in [9.17, 15) is 14.7 Å². The number of rotatable bonds is 5. The second-order valence-corrected chi connectivity index (χ2v) is 9.51.